The van der Waals surface area contributed by atoms with E-state index in [1.54, 1.807) is 0 Å². The van der Waals surface area contributed by atoms with E-state index in [2.05, 4.69) is 264 Å². The predicted molar refractivity (Wildman–Crippen MR) is 281 cm³/mol. The van der Waals surface area contributed by atoms with Gasteiger partial charge in [0.2, 0.25) is 0 Å². The maximum Gasteiger partial charge on any atom is 0.0734 e. The third kappa shape index (κ3) is 5.51. The van der Waals surface area contributed by atoms with E-state index in [0.29, 0.717) is 0 Å². The van der Waals surface area contributed by atoms with Crippen LogP contribution in [0.5, 0.6) is 0 Å². The molecule has 0 saturated carbocycles. The number of para-hydroxylation sites is 1. The Balaban J connectivity index is 1.02. The molecule has 2 heteroatoms. The van der Waals surface area contributed by atoms with E-state index in [0.717, 1.165) is 11.4 Å². The van der Waals surface area contributed by atoms with Crippen molar-refractivity contribution in [3.05, 3.63) is 277 Å². The SMILES string of the molecule is c1ccc(-c2ccc(-n3c4ccccc4c4cc(-c5ccc6c(c5)c5ccc7c(c5n6-c5ccc6ccccc6c5)C(c5ccccc5)(c5ccccc5)c5ccccc5-7)ccc43)cc2)cc1. The van der Waals surface area contributed by atoms with E-state index in [4.69, 9.17) is 0 Å². The van der Waals surface area contributed by atoms with E-state index >= 15 is 0 Å². The van der Waals surface area contributed by atoms with Crippen LogP contribution in [-0.2, 0) is 5.41 Å². The second kappa shape index (κ2) is 14.7. The third-order valence-electron chi connectivity index (χ3n) is 14.6. The lowest BCUT2D eigenvalue weighted by molar-refractivity contribution is 0.772. The van der Waals surface area contributed by atoms with E-state index in [-0.39, 0.29) is 0 Å². The zero-order valence-corrected chi connectivity index (χ0v) is 36.6. The van der Waals surface area contributed by atoms with E-state index in [1.807, 2.05) is 0 Å². The van der Waals surface area contributed by atoms with Crippen molar-refractivity contribution >= 4 is 54.4 Å². The van der Waals surface area contributed by atoms with Crippen molar-refractivity contribution in [1.29, 1.82) is 0 Å². The Kier molecular flexibility index (Phi) is 8.23. The van der Waals surface area contributed by atoms with Gasteiger partial charge in [0.05, 0.1) is 27.5 Å². The van der Waals surface area contributed by atoms with Crippen LogP contribution in [0.1, 0.15) is 22.3 Å². The van der Waals surface area contributed by atoms with Crippen LogP contribution in [0.4, 0.5) is 0 Å². The minimum absolute atomic E-state index is 0.569. The van der Waals surface area contributed by atoms with Gasteiger partial charge in [-0.2, -0.15) is 0 Å². The molecule has 0 atom stereocenters. The molecule has 67 heavy (non-hydrogen) atoms. The zero-order chi connectivity index (χ0) is 44.1. The second-order valence-corrected chi connectivity index (χ2v) is 18.0. The molecule has 0 radical (unpaired) electrons. The minimum atomic E-state index is -0.569. The first-order chi connectivity index (χ1) is 33.2. The van der Waals surface area contributed by atoms with E-state index in [9.17, 15) is 0 Å². The van der Waals surface area contributed by atoms with Crippen LogP contribution in [0, 0.1) is 0 Å². The van der Waals surface area contributed by atoms with Gasteiger partial charge >= 0.3 is 0 Å². The summed E-state index contributed by atoms with van der Waals surface area (Å²) in [6.45, 7) is 0. The largest absolute Gasteiger partial charge is 0.309 e. The van der Waals surface area contributed by atoms with Gasteiger partial charge in [0.1, 0.15) is 0 Å². The number of fused-ring (bicyclic) bond motifs is 11. The van der Waals surface area contributed by atoms with Crippen molar-refractivity contribution < 1.29 is 0 Å². The number of nitrogens with zero attached hydrogens (tertiary/aromatic N) is 2. The molecule has 2 heterocycles. The number of hydrogen-bond acceptors (Lipinski definition) is 0. The highest BCUT2D eigenvalue weighted by atomic mass is 15.0. The Labute approximate surface area is 388 Å². The van der Waals surface area contributed by atoms with E-state index in [1.165, 1.54) is 110 Å². The number of hydrogen-bond donors (Lipinski definition) is 0. The van der Waals surface area contributed by atoms with Crippen molar-refractivity contribution in [3.8, 4) is 44.8 Å². The van der Waals surface area contributed by atoms with Crippen molar-refractivity contribution in [1.82, 2.24) is 9.13 Å². The molecule has 0 aliphatic heterocycles. The Hall–Kier alpha value is -8.72. The second-order valence-electron chi connectivity index (χ2n) is 18.0. The highest BCUT2D eigenvalue weighted by Gasteiger charge is 2.48. The minimum Gasteiger partial charge on any atom is -0.309 e. The maximum absolute atomic E-state index is 2.56. The molecule has 0 N–H and O–H groups in total. The Morgan fingerprint density at radius 3 is 1.55 bits per heavy atom. The molecule has 11 aromatic carbocycles. The van der Waals surface area contributed by atoms with Gasteiger partial charge in [0.25, 0.3) is 0 Å². The lowest BCUT2D eigenvalue weighted by Crippen LogP contribution is -2.29. The molecular formula is C65H42N2. The molecule has 0 unspecified atom stereocenters. The van der Waals surface area contributed by atoms with Crippen LogP contribution >= 0.6 is 0 Å². The van der Waals surface area contributed by atoms with Gasteiger partial charge in [-0.1, -0.05) is 200 Å². The molecule has 14 rings (SSSR count). The fourth-order valence-corrected chi connectivity index (χ4v) is 11.7. The highest BCUT2D eigenvalue weighted by molar-refractivity contribution is 6.16. The van der Waals surface area contributed by atoms with Crippen molar-refractivity contribution in [2.75, 3.05) is 0 Å². The molecule has 13 aromatic rings. The highest BCUT2D eigenvalue weighted by Crippen LogP contribution is 2.59. The molecule has 2 nitrogen and oxygen atoms in total. The molecule has 312 valence electrons. The van der Waals surface area contributed by atoms with Gasteiger partial charge in [-0.15, -0.1) is 0 Å². The van der Waals surface area contributed by atoms with Crippen molar-refractivity contribution in [3.63, 3.8) is 0 Å². The van der Waals surface area contributed by atoms with Gasteiger partial charge in [0.15, 0.2) is 0 Å². The predicted octanol–water partition coefficient (Wildman–Crippen LogP) is 16.7. The molecule has 1 aliphatic carbocycles. The molecular weight excluding hydrogens is 809 g/mol. The standard InChI is InChI=1S/C65H42N2/c1-4-16-43(17-5-1)45-28-33-51(34-29-45)66-60-27-15-13-25-54(60)57-41-47(31-38-61(57)66)48-32-39-62-58(42-48)56-37-36-55-53-24-12-14-26-59(53)65(49-20-6-2-7-21-49,50-22-8-3-9-23-50)63(55)64(56)67(62)52-35-30-44-18-10-11-19-46(44)40-52/h1-42H. The average molecular weight is 851 g/mol. The summed E-state index contributed by atoms with van der Waals surface area (Å²) in [5.41, 5.74) is 19.1. The molecule has 0 fully saturated rings. The van der Waals surface area contributed by atoms with Gasteiger partial charge in [-0.3, -0.25) is 0 Å². The summed E-state index contributed by atoms with van der Waals surface area (Å²) in [5, 5.41) is 7.41. The van der Waals surface area contributed by atoms with Gasteiger partial charge in [-0.25, -0.2) is 0 Å². The first-order valence-corrected chi connectivity index (χ1v) is 23.3. The van der Waals surface area contributed by atoms with Gasteiger partial charge in [-0.05, 0) is 115 Å². The summed E-state index contributed by atoms with van der Waals surface area (Å²) in [6.07, 6.45) is 0. The van der Waals surface area contributed by atoms with Crippen LogP contribution in [0.25, 0.3) is 99.1 Å². The van der Waals surface area contributed by atoms with Crippen LogP contribution in [-0.4, -0.2) is 9.13 Å². The summed E-state index contributed by atoms with van der Waals surface area (Å²) in [7, 11) is 0. The maximum atomic E-state index is 2.56. The molecule has 1 aliphatic rings. The zero-order valence-electron chi connectivity index (χ0n) is 36.6. The summed E-state index contributed by atoms with van der Waals surface area (Å²) >= 11 is 0. The average Bonchev–Trinajstić information content (AvgIpc) is 4.03. The normalized spacial score (nSPS) is 12.9. The summed E-state index contributed by atoms with van der Waals surface area (Å²) < 4.78 is 4.97. The molecule has 0 spiro atoms. The van der Waals surface area contributed by atoms with Crippen LogP contribution in [0.3, 0.4) is 0 Å². The lowest BCUT2D eigenvalue weighted by Gasteiger charge is -2.34. The first kappa shape index (κ1) is 37.6. The summed E-state index contributed by atoms with van der Waals surface area (Å²) in [4.78, 5) is 0. The molecule has 0 saturated heterocycles. The smallest absolute Gasteiger partial charge is 0.0734 e. The third-order valence-corrected chi connectivity index (χ3v) is 14.6. The first-order valence-electron chi connectivity index (χ1n) is 23.3. The van der Waals surface area contributed by atoms with E-state index < -0.39 is 5.41 Å². The van der Waals surface area contributed by atoms with Crippen LogP contribution < -0.4 is 0 Å². The lowest BCUT2D eigenvalue weighted by atomic mass is 9.67. The topological polar surface area (TPSA) is 9.86 Å². The van der Waals surface area contributed by atoms with Crippen LogP contribution in [0.15, 0.2) is 255 Å². The Bertz CT molecular complexity index is 4020. The Morgan fingerprint density at radius 2 is 0.821 bits per heavy atom. The summed E-state index contributed by atoms with van der Waals surface area (Å²) in [6, 6.07) is 94.5. The molecule has 0 amide bonds. The monoisotopic (exact) mass is 850 g/mol. The fourth-order valence-electron chi connectivity index (χ4n) is 11.7. The van der Waals surface area contributed by atoms with Crippen molar-refractivity contribution in [2.45, 2.75) is 5.41 Å². The van der Waals surface area contributed by atoms with Gasteiger partial charge < -0.3 is 9.13 Å². The molecule has 0 bridgehead atoms. The number of aromatic nitrogens is 2. The van der Waals surface area contributed by atoms with Gasteiger partial charge in [0, 0.05) is 38.5 Å². The molecule has 2 aromatic heterocycles. The number of benzene rings is 11. The fraction of sp³-hybridized carbons (Fsp3) is 0.0154. The van der Waals surface area contributed by atoms with Crippen molar-refractivity contribution in [2.24, 2.45) is 0 Å². The van der Waals surface area contributed by atoms with Crippen LogP contribution in [0.2, 0.25) is 0 Å². The number of rotatable bonds is 6. The summed E-state index contributed by atoms with van der Waals surface area (Å²) in [5.74, 6) is 0. The Morgan fingerprint density at radius 1 is 0.284 bits per heavy atom. The quantitative estimate of drug-likeness (QED) is 0.158.